The number of allylic oxidation sites excluding steroid dienone is 1. The summed E-state index contributed by atoms with van der Waals surface area (Å²) >= 11 is 0. The van der Waals surface area contributed by atoms with Crippen LogP contribution in [0.4, 0.5) is 0 Å². The molecule has 2 heteroatoms. The monoisotopic (exact) mass is 153 g/mol. The average molecular weight is 153 g/mol. The van der Waals surface area contributed by atoms with Crippen molar-refractivity contribution < 1.29 is 4.79 Å². The summed E-state index contributed by atoms with van der Waals surface area (Å²) in [6.07, 6.45) is 1.99. The minimum Gasteiger partial charge on any atom is -0.359 e. The summed E-state index contributed by atoms with van der Waals surface area (Å²) < 4.78 is 0. The average Bonchev–Trinajstić information content (AvgIpc) is 1.83. The van der Waals surface area contributed by atoms with Crippen LogP contribution in [0.2, 0.25) is 0 Å². The Hall–Kier alpha value is -0.790. The molecule has 11 heavy (non-hydrogen) atoms. The van der Waals surface area contributed by atoms with Gasteiger partial charge in [-0.25, -0.2) is 0 Å². The number of amides is 1. The van der Waals surface area contributed by atoms with Crippen molar-refractivity contribution in [3.8, 4) is 0 Å². The standard InChI is InChI=1S/C9H15NO/c1-6(2)7-4-8(5-7)9(11)10-3/h7-8H,1,4-5H2,2-3H3,(H,10,11). The van der Waals surface area contributed by atoms with Crippen molar-refractivity contribution in [2.75, 3.05) is 7.05 Å². The lowest BCUT2D eigenvalue weighted by Gasteiger charge is -2.34. The first-order chi connectivity index (χ1) is 5.15. The van der Waals surface area contributed by atoms with Crippen LogP contribution in [0.25, 0.3) is 0 Å². The number of carbonyl (C=O) groups is 1. The van der Waals surface area contributed by atoms with Gasteiger partial charge in [-0.15, -0.1) is 0 Å². The van der Waals surface area contributed by atoms with Crippen LogP contribution in [-0.2, 0) is 4.79 Å². The second-order valence-electron chi connectivity index (χ2n) is 3.33. The van der Waals surface area contributed by atoms with Gasteiger partial charge in [0, 0.05) is 13.0 Å². The Morgan fingerprint density at radius 3 is 2.36 bits per heavy atom. The Morgan fingerprint density at radius 2 is 2.00 bits per heavy atom. The fraction of sp³-hybridized carbons (Fsp3) is 0.667. The Kier molecular flexibility index (Phi) is 2.32. The summed E-state index contributed by atoms with van der Waals surface area (Å²) in [5, 5.41) is 2.66. The summed E-state index contributed by atoms with van der Waals surface area (Å²) in [6, 6.07) is 0. The second kappa shape index (κ2) is 3.07. The fourth-order valence-corrected chi connectivity index (χ4v) is 1.44. The lowest BCUT2D eigenvalue weighted by molar-refractivity contribution is -0.128. The summed E-state index contributed by atoms with van der Waals surface area (Å²) in [7, 11) is 1.69. The maximum absolute atomic E-state index is 11.0. The third kappa shape index (κ3) is 1.62. The van der Waals surface area contributed by atoms with Gasteiger partial charge in [0.1, 0.15) is 0 Å². The highest BCUT2D eigenvalue weighted by molar-refractivity contribution is 5.79. The van der Waals surface area contributed by atoms with Gasteiger partial charge in [-0.05, 0) is 25.7 Å². The Balaban J connectivity index is 2.29. The number of rotatable bonds is 2. The molecule has 1 aliphatic rings. The zero-order valence-corrected chi connectivity index (χ0v) is 7.18. The molecule has 0 aromatic carbocycles. The van der Waals surface area contributed by atoms with Crippen LogP contribution < -0.4 is 5.32 Å². The van der Waals surface area contributed by atoms with E-state index in [2.05, 4.69) is 11.9 Å². The van der Waals surface area contributed by atoms with E-state index in [9.17, 15) is 4.79 Å². The van der Waals surface area contributed by atoms with Crippen molar-refractivity contribution in [1.29, 1.82) is 0 Å². The summed E-state index contributed by atoms with van der Waals surface area (Å²) in [6.45, 7) is 5.90. The molecule has 0 spiro atoms. The Bertz CT molecular complexity index is 180. The predicted molar refractivity (Wildman–Crippen MR) is 45.1 cm³/mol. The molecule has 0 unspecified atom stereocenters. The van der Waals surface area contributed by atoms with Gasteiger partial charge in [-0.2, -0.15) is 0 Å². The maximum Gasteiger partial charge on any atom is 0.222 e. The predicted octanol–water partition coefficient (Wildman–Crippen LogP) is 1.33. The van der Waals surface area contributed by atoms with Gasteiger partial charge in [0.25, 0.3) is 0 Å². The first-order valence-corrected chi connectivity index (χ1v) is 4.02. The zero-order valence-electron chi connectivity index (χ0n) is 7.18. The summed E-state index contributed by atoms with van der Waals surface area (Å²) in [5.74, 6) is 1.03. The molecule has 0 saturated heterocycles. The van der Waals surface area contributed by atoms with Crippen LogP contribution >= 0.6 is 0 Å². The van der Waals surface area contributed by atoms with Gasteiger partial charge in [0.05, 0.1) is 0 Å². The number of nitrogens with one attached hydrogen (secondary N) is 1. The van der Waals surface area contributed by atoms with E-state index < -0.39 is 0 Å². The highest BCUT2D eigenvalue weighted by atomic mass is 16.1. The van der Waals surface area contributed by atoms with E-state index in [0.717, 1.165) is 12.8 Å². The third-order valence-electron chi connectivity index (χ3n) is 2.45. The summed E-state index contributed by atoms with van der Waals surface area (Å²) in [4.78, 5) is 11.0. The van der Waals surface area contributed by atoms with Crippen LogP contribution in [0.5, 0.6) is 0 Å². The molecule has 1 fully saturated rings. The first kappa shape index (κ1) is 8.31. The van der Waals surface area contributed by atoms with Gasteiger partial charge in [0.2, 0.25) is 5.91 Å². The molecule has 1 N–H and O–H groups in total. The molecule has 0 atom stereocenters. The van der Waals surface area contributed by atoms with Gasteiger partial charge in [-0.1, -0.05) is 12.2 Å². The molecule has 0 aliphatic heterocycles. The molecule has 0 bridgehead atoms. The molecule has 1 saturated carbocycles. The highest BCUT2D eigenvalue weighted by Gasteiger charge is 2.33. The third-order valence-corrected chi connectivity index (χ3v) is 2.45. The first-order valence-electron chi connectivity index (χ1n) is 4.02. The largest absolute Gasteiger partial charge is 0.359 e. The number of carbonyl (C=O) groups excluding carboxylic acids is 1. The smallest absolute Gasteiger partial charge is 0.222 e. The van der Waals surface area contributed by atoms with Crippen molar-refractivity contribution in [3.05, 3.63) is 12.2 Å². The summed E-state index contributed by atoms with van der Waals surface area (Å²) in [5.41, 5.74) is 1.21. The van der Waals surface area contributed by atoms with Gasteiger partial charge in [0.15, 0.2) is 0 Å². The van der Waals surface area contributed by atoms with E-state index in [4.69, 9.17) is 0 Å². The van der Waals surface area contributed by atoms with Crippen molar-refractivity contribution >= 4 is 5.91 Å². The van der Waals surface area contributed by atoms with Crippen molar-refractivity contribution in [2.45, 2.75) is 19.8 Å². The van der Waals surface area contributed by atoms with E-state index in [1.165, 1.54) is 5.57 Å². The SMILES string of the molecule is C=C(C)C1CC(C(=O)NC)C1. The number of hydrogen-bond acceptors (Lipinski definition) is 1. The van der Waals surface area contributed by atoms with Crippen molar-refractivity contribution in [3.63, 3.8) is 0 Å². The van der Waals surface area contributed by atoms with Crippen LogP contribution in [0, 0.1) is 11.8 Å². The molecule has 1 amide bonds. The van der Waals surface area contributed by atoms with Gasteiger partial charge < -0.3 is 5.32 Å². The lowest BCUT2D eigenvalue weighted by Crippen LogP contribution is -2.37. The Morgan fingerprint density at radius 1 is 1.45 bits per heavy atom. The van der Waals surface area contributed by atoms with E-state index in [-0.39, 0.29) is 11.8 Å². The van der Waals surface area contributed by atoms with E-state index in [0.29, 0.717) is 5.92 Å². The Labute approximate surface area is 67.7 Å². The van der Waals surface area contributed by atoms with E-state index >= 15 is 0 Å². The van der Waals surface area contributed by atoms with Gasteiger partial charge in [-0.3, -0.25) is 4.79 Å². The van der Waals surface area contributed by atoms with Crippen molar-refractivity contribution in [2.24, 2.45) is 11.8 Å². The minimum atomic E-state index is 0.183. The van der Waals surface area contributed by atoms with E-state index in [1.54, 1.807) is 7.05 Å². The topological polar surface area (TPSA) is 29.1 Å². The van der Waals surface area contributed by atoms with Crippen molar-refractivity contribution in [1.82, 2.24) is 5.32 Å². The maximum atomic E-state index is 11.0. The molecule has 0 aromatic rings. The molecule has 62 valence electrons. The quantitative estimate of drug-likeness (QED) is 0.596. The second-order valence-corrected chi connectivity index (χ2v) is 3.33. The highest BCUT2D eigenvalue weighted by Crippen LogP contribution is 2.37. The molecular formula is C9H15NO. The molecular weight excluding hydrogens is 138 g/mol. The van der Waals surface area contributed by atoms with Crippen LogP contribution in [-0.4, -0.2) is 13.0 Å². The fourth-order valence-electron chi connectivity index (χ4n) is 1.44. The number of hydrogen-bond donors (Lipinski definition) is 1. The molecule has 1 rings (SSSR count). The molecule has 2 nitrogen and oxygen atoms in total. The van der Waals surface area contributed by atoms with Crippen LogP contribution in [0.15, 0.2) is 12.2 Å². The molecule has 0 radical (unpaired) electrons. The van der Waals surface area contributed by atoms with Gasteiger partial charge >= 0.3 is 0 Å². The lowest BCUT2D eigenvalue weighted by atomic mass is 9.71. The van der Waals surface area contributed by atoms with Crippen LogP contribution in [0.1, 0.15) is 19.8 Å². The minimum absolute atomic E-state index is 0.183. The molecule has 1 aliphatic carbocycles. The normalized spacial score (nSPS) is 28.9. The van der Waals surface area contributed by atoms with Crippen LogP contribution in [0.3, 0.4) is 0 Å². The molecule has 0 heterocycles. The zero-order chi connectivity index (χ0) is 8.43. The molecule has 0 aromatic heterocycles. The van der Waals surface area contributed by atoms with E-state index in [1.807, 2.05) is 6.92 Å².